The van der Waals surface area contributed by atoms with E-state index >= 15 is 0 Å². The first-order valence-electron chi connectivity index (χ1n) is 9.94. The summed E-state index contributed by atoms with van der Waals surface area (Å²) in [6.45, 7) is 6.84. The monoisotopic (exact) mass is 385 g/mol. The smallest absolute Gasteiger partial charge is 0.253 e. The second-order valence-corrected chi connectivity index (χ2v) is 8.57. The van der Waals surface area contributed by atoms with E-state index in [1.54, 1.807) is 11.8 Å². The van der Waals surface area contributed by atoms with E-state index in [1.165, 1.54) is 12.8 Å². The van der Waals surface area contributed by atoms with Gasteiger partial charge in [-0.25, -0.2) is 0 Å². The van der Waals surface area contributed by atoms with Gasteiger partial charge in [0, 0.05) is 54.0 Å². The maximum absolute atomic E-state index is 13.0. The van der Waals surface area contributed by atoms with Crippen LogP contribution < -0.4 is 5.56 Å². The van der Waals surface area contributed by atoms with Crippen LogP contribution in [0.3, 0.4) is 0 Å². The van der Waals surface area contributed by atoms with E-state index in [9.17, 15) is 9.59 Å². The highest BCUT2D eigenvalue weighted by Crippen LogP contribution is 2.28. The molecule has 0 atom stereocenters. The second kappa shape index (κ2) is 8.07. The van der Waals surface area contributed by atoms with Gasteiger partial charge in [0.05, 0.1) is 0 Å². The topological polar surface area (TPSA) is 56.4 Å². The Morgan fingerprint density at radius 2 is 2.00 bits per heavy atom. The number of benzene rings is 1. The lowest BCUT2D eigenvalue weighted by Gasteiger charge is -2.34. The predicted molar refractivity (Wildman–Crippen MR) is 112 cm³/mol. The number of hydrogen-bond donors (Lipinski definition) is 1. The van der Waals surface area contributed by atoms with E-state index < -0.39 is 0 Å². The fraction of sp³-hybridized carbons (Fsp3) is 0.524. The number of rotatable bonds is 4. The number of aromatic amines is 1. The first kappa shape index (κ1) is 18.6. The Morgan fingerprint density at radius 1 is 1.19 bits per heavy atom. The molecule has 1 amide bonds. The van der Waals surface area contributed by atoms with Crippen molar-refractivity contribution < 1.29 is 4.79 Å². The summed E-state index contributed by atoms with van der Waals surface area (Å²) in [6, 6.07) is 5.74. The van der Waals surface area contributed by atoms with E-state index in [-0.39, 0.29) is 11.5 Å². The number of H-pyrrole nitrogens is 1. The van der Waals surface area contributed by atoms with Gasteiger partial charge in [0.15, 0.2) is 0 Å². The number of nitrogens with one attached hydrogen (secondary N) is 1. The Morgan fingerprint density at radius 3 is 2.78 bits per heavy atom. The van der Waals surface area contributed by atoms with E-state index in [0.29, 0.717) is 0 Å². The summed E-state index contributed by atoms with van der Waals surface area (Å²) in [5.41, 5.74) is 3.61. The van der Waals surface area contributed by atoms with Gasteiger partial charge in [-0.3, -0.25) is 14.5 Å². The van der Waals surface area contributed by atoms with Crippen LogP contribution in [-0.4, -0.2) is 59.2 Å². The van der Waals surface area contributed by atoms with Crippen LogP contribution in [0.2, 0.25) is 0 Å². The summed E-state index contributed by atoms with van der Waals surface area (Å²) in [6.07, 6.45) is 3.33. The van der Waals surface area contributed by atoms with Crippen LogP contribution in [0.4, 0.5) is 0 Å². The van der Waals surface area contributed by atoms with Crippen molar-refractivity contribution in [2.24, 2.45) is 0 Å². The lowest BCUT2D eigenvalue weighted by molar-refractivity contribution is 0.0636. The quantitative estimate of drug-likeness (QED) is 0.879. The molecule has 2 aliphatic rings. The number of piperazine rings is 1. The van der Waals surface area contributed by atoms with Crippen LogP contribution in [0, 0.1) is 0 Å². The number of fused-ring (bicyclic) bond motifs is 3. The third kappa shape index (κ3) is 3.78. The summed E-state index contributed by atoms with van der Waals surface area (Å²) in [5.74, 6) is 1.90. The van der Waals surface area contributed by atoms with Gasteiger partial charge in [-0.1, -0.05) is 13.3 Å². The Hall–Kier alpha value is -1.79. The molecule has 144 valence electrons. The van der Waals surface area contributed by atoms with Crippen molar-refractivity contribution in [3.8, 4) is 0 Å². The molecular weight excluding hydrogens is 358 g/mol. The molecule has 0 radical (unpaired) electrons. The van der Waals surface area contributed by atoms with Crippen molar-refractivity contribution in [2.45, 2.75) is 31.9 Å². The number of pyridine rings is 1. The minimum absolute atomic E-state index is 0.0203. The van der Waals surface area contributed by atoms with Crippen LogP contribution in [0.15, 0.2) is 23.0 Å². The van der Waals surface area contributed by atoms with E-state index in [1.807, 2.05) is 23.1 Å². The molecule has 1 saturated heterocycles. The number of amides is 1. The molecule has 3 heterocycles. The second-order valence-electron chi connectivity index (χ2n) is 7.46. The van der Waals surface area contributed by atoms with Gasteiger partial charge in [-0.05, 0) is 48.9 Å². The summed E-state index contributed by atoms with van der Waals surface area (Å²) >= 11 is 1.80. The molecule has 6 heteroatoms. The average Bonchev–Trinajstić information content (AvgIpc) is 2.72. The Balaban J connectivity index is 1.56. The molecule has 0 saturated carbocycles. The first-order valence-corrected chi connectivity index (χ1v) is 11.1. The molecule has 1 N–H and O–H groups in total. The van der Waals surface area contributed by atoms with Crippen molar-refractivity contribution in [3.63, 3.8) is 0 Å². The predicted octanol–water partition coefficient (Wildman–Crippen LogP) is 2.88. The number of unbranched alkanes of at least 4 members (excludes halogenated alkanes) is 1. The normalized spacial score (nSPS) is 17.9. The number of aryl methyl sites for hydroxylation is 1. The minimum atomic E-state index is 0.0203. The van der Waals surface area contributed by atoms with Crippen molar-refractivity contribution in [1.29, 1.82) is 0 Å². The van der Waals surface area contributed by atoms with Crippen molar-refractivity contribution in [1.82, 2.24) is 14.8 Å². The maximum atomic E-state index is 13.0. The number of hydrogen-bond acceptors (Lipinski definition) is 4. The molecule has 1 aromatic heterocycles. The molecule has 0 aliphatic carbocycles. The number of aromatic nitrogens is 1. The molecule has 2 aromatic rings. The van der Waals surface area contributed by atoms with Crippen LogP contribution in [-0.2, 0) is 12.2 Å². The summed E-state index contributed by atoms with van der Waals surface area (Å²) < 4.78 is 0. The van der Waals surface area contributed by atoms with E-state index in [2.05, 4.69) is 16.8 Å². The Labute approximate surface area is 164 Å². The van der Waals surface area contributed by atoms with Gasteiger partial charge in [-0.15, -0.1) is 0 Å². The van der Waals surface area contributed by atoms with Gasteiger partial charge < -0.3 is 9.88 Å². The fourth-order valence-corrected chi connectivity index (χ4v) is 5.06. The van der Waals surface area contributed by atoms with Gasteiger partial charge in [-0.2, -0.15) is 11.8 Å². The van der Waals surface area contributed by atoms with Crippen LogP contribution in [0.1, 0.15) is 41.3 Å². The van der Waals surface area contributed by atoms with Gasteiger partial charge in [0.2, 0.25) is 0 Å². The highest BCUT2D eigenvalue weighted by atomic mass is 32.2. The van der Waals surface area contributed by atoms with Gasteiger partial charge in [0.25, 0.3) is 11.5 Å². The van der Waals surface area contributed by atoms with Crippen molar-refractivity contribution in [2.75, 3.05) is 38.5 Å². The molecule has 1 fully saturated rings. The highest BCUT2D eigenvalue weighted by molar-refractivity contribution is 7.98. The minimum Gasteiger partial charge on any atom is -0.336 e. The molecular formula is C21H27N3O2S. The lowest BCUT2D eigenvalue weighted by Crippen LogP contribution is -2.48. The molecule has 0 unspecified atom stereocenters. The van der Waals surface area contributed by atoms with E-state index in [0.717, 1.165) is 78.2 Å². The standard InChI is InChI=1S/C21H27N3O2S/c1-2-3-7-23-8-10-24(11-9-23)21(26)15-4-5-19-17(13-15)16-6-12-27-14-18(16)20(25)22-19/h4-5,13H,2-3,6-12,14H2,1H3,(H,22,25). The Kier molecular flexibility index (Phi) is 5.55. The number of thioether (sulfide) groups is 1. The molecule has 2 aliphatic heterocycles. The maximum Gasteiger partial charge on any atom is 0.253 e. The van der Waals surface area contributed by atoms with Crippen molar-refractivity contribution in [3.05, 3.63) is 45.2 Å². The third-order valence-corrected chi connectivity index (χ3v) is 6.69. The molecule has 0 spiro atoms. The van der Waals surface area contributed by atoms with Crippen LogP contribution >= 0.6 is 11.8 Å². The zero-order valence-corrected chi connectivity index (χ0v) is 16.7. The molecule has 5 nitrogen and oxygen atoms in total. The Bertz CT molecular complexity index is 900. The van der Waals surface area contributed by atoms with Crippen molar-refractivity contribution >= 4 is 28.6 Å². The third-order valence-electron chi connectivity index (χ3n) is 5.71. The fourth-order valence-electron chi connectivity index (χ4n) is 4.06. The summed E-state index contributed by atoms with van der Waals surface area (Å²) in [5, 5.41) is 1.04. The van der Waals surface area contributed by atoms with Gasteiger partial charge in [0.1, 0.15) is 0 Å². The number of nitrogens with zero attached hydrogens (tertiary/aromatic N) is 2. The zero-order chi connectivity index (χ0) is 18.8. The highest BCUT2D eigenvalue weighted by Gasteiger charge is 2.23. The molecule has 4 rings (SSSR count). The number of carbonyl (C=O) groups is 1. The first-order chi connectivity index (χ1) is 13.2. The largest absolute Gasteiger partial charge is 0.336 e. The SMILES string of the molecule is CCCCN1CCN(C(=O)c2ccc3[nH]c(=O)c4c(c3c2)CCSC4)CC1. The summed E-state index contributed by atoms with van der Waals surface area (Å²) in [7, 11) is 0. The zero-order valence-electron chi connectivity index (χ0n) is 15.9. The van der Waals surface area contributed by atoms with Crippen LogP contribution in [0.5, 0.6) is 0 Å². The molecule has 1 aromatic carbocycles. The lowest BCUT2D eigenvalue weighted by atomic mass is 9.99. The summed E-state index contributed by atoms with van der Waals surface area (Å²) in [4.78, 5) is 32.7. The van der Waals surface area contributed by atoms with Gasteiger partial charge >= 0.3 is 0 Å². The molecule has 0 bridgehead atoms. The molecule has 27 heavy (non-hydrogen) atoms. The average molecular weight is 386 g/mol. The van der Waals surface area contributed by atoms with E-state index in [4.69, 9.17) is 0 Å². The van der Waals surface area contributed by atoms with Crippen LogP contribution in [0.25, 0.3) is 10.9 Å². The number of carbonyl (C=O) groups excluding carboxylic acids is 1.